The predicted octanol–water partition coefficient (Wildman–Crippen LogP) is 3.48. The molecule has 5 rings (SSSR count). The summed E-state index contributed by atoms with van der Waals surface area (Å²) >= 11 is 0. The highest BCUT2D eigenvalue weighted by Crippen LogP contribution is 2.29. The summed E-state index contributed by atoms with van der Waals surface area (Å²) in [6, 6.07) is 6.05. The topological polar surface area (TPSA) is 88.7 Å². The average molecular weight is 462 g/mol. The zero-order valence-electron chi connectivity index (χ0n) is 19.6. The molecule has 8 nitrogen and oxygen atoms in total. The van der Waals surface area contributed by atoms with Gasteiger partial charge in [0.2, 0.25) is 5.43 Å². The van der Waals surface area contributed by atoms with Crippen LogP contribution in [0, 0.1) is 6.92 Å². The fraction of sp³-hybridized carbons (Fsp3) is 0.462. The monoisotopic (exact) mass is 461 g/mol. The maximum Gasteiger partial charge on any atom is 0.259 e. The maximum absolute atomic E-state index is 13.3. The van der Waals surface area contributed by atoms with E-state index in [1.54, 1.807) is 17.3 Å². The van der Waals surface area contributed by atoms with Gasteiger partial charge in [-0.2, -0.15) is 0 Å². The number of hydrogen-bond donors (Lipinski definition) is 1. The summed E-state index contributed by atoms with van der Waals surface area (Å²) < 4.78 is 3.89. The Morgan fingerprint density at radius 1 is 1.00 bits per heavy atom. The minimum absolute atomic E-state index is 0.0229. The van der Waals surface area contributed by atoms with Gasteiger partial charge in [0.05, 0.1) is 12.2 Å². The van der Waals surface area contributed by atoms with E-state index in [9.17, 15) is 14.4 Å². The van der Waals surface area contributed by atoms with Gasteiger partial charge < -0.3 is 19.2 Å². The van der Waals surface area contributed by atoms with Crippen molar-refractivity contribution in [1.29, 1.82) is 0 Å². The van der Waals surface area contributed by atoms with E-state index in [0.29, 0.717) is 18.8 Å². The van der Waals surface area contributed by atoms with Crippen molar-refractivity contribution in [3.05, 3.63) is 69.5 Å². The number of imidazole rings is 1. The van der Waals surface area contributed by atoms with Gasteiger partial charge in [-0.1, -0.05) is 18.9 Å². The molecule has 0 atom stereocenters. The molecule has 1 N–H and O–H groups in total. The first-order valence-electron chi connectivity index (χ1n) is 12.3. The first-order valence-corrected chi connectivity index (χ1v) is 12.3. The van der Waals surface area contributed by atoms with Crippen LogP contribution in [0.5, 0.6) is 0 Å². The number of amides is 2. The Morgan fingerprint density at radius 2 is 1.74 bits per heavy atom. The van der Waals surface area contributed by atoms with E-state index >= 15 is 0 Å². The molecule has 1 saturated heterocycles. The molecule has 2 amide bonds. The summed E-state index contributed by atoms with van der Waals surface area (Å²) in [5, 5.41) is 2.85. The smallest absolute Gasteiger partial charge is 0.259 e. The first-order chi connectivity index (χ1) is 16.5. The van der Waals surface area contributed by atoms with Gasteiger partial charge >= 0.3 is 0 Å². The Morgan fingerprint density at radius 3 is 2.47 bits per heavy atom. The Kier molecular flexibility index (Phi) is 6.22. The number of aromatic nitrogens is 3. The number of pyridine rings is 2. The lowest BCUT2D eigenvalue weighted by Gasteiger charge is -2.27. The van der Waals surface area contributed by atoms with Crippen LogP contribution < -0.4 is 10.7 Å². The van der Waals surface area contributed by atoms with Gasteiger partial charge in [0.15, 0.2) is 0 Å². The third kappa shape index (κ3) is 4.36. The Labute approximate surface area is 198 Å². The summed E-state index contributed by atoms with van der Waals surface area (Å²) in [5.74, 6) is -0.735. The third-order valence-electron chi connectivity index (χ3n) is 7.09. The zero-order valence-corrected chi connectivity index (χ0v) is 19.6. The minimum Gasteiger partial charge on any atom is -0.349 e. The molecule has 1 saturated carbocycles. The second kappa shape index (κ2) is 9.44. The molecule has 1 aliphatic carbocycles. The van der Waals surface area contributed by atoms with Crippen molar-refractivity contribution in [1.82, 2.24) is 24.2 Å². The molecular weight excluding hydrogens is 430 g/mol. The molecule has 3 aromatic rings. The maximum atomic E-state index is 13.3. The standard InChI is InChI=1S/C26H31N5O3/c1-18-8-7-11-23-28-19(15-31(18)23)14-27-25(33)21-16-30(20-9-3-4-10-20)17-22(24(21)32)26(34)29-12-5-2-6-13-29/h7-8,11,15-17,20H,2-6,9-10,12-14H2,1H3,(H,27,33). The van der Waals surface area contributed by atoms with E-state index < -0.39 is 11.3 Å². The number of hydrogen-bond acceptors (Lipinski definition) is 4. The minimum atomic E-state index is -0.492. The van der Waals surface area contributed by atoms with Crippen LogP contribution in [0.4, 0.5) is 0 Å². The lowest BCUT2D eigenvalue weighted by Crippen LogP contribution is -2.40. The van der Waals surface area contributed by atoms with E-state index in [0.717, 1.165) is 56.3 Å². The molecule has 3 aromatic heterocycles. The largest absolute Gasteiger partial charge is 0.349 e. The number of carbonyl (C=O) groups excluding carboxylic acids is 2. The zero-order chi connectivity index (χ0) is 23.7. The van der Waals surface area contributed by atoms with Gasteiger partial charge in [0.25, 0.3) is 11.8 Å². The van der Waals surface area contributed by atoms with Crippen molar-refractivity contribution in [2.75, 3.05) is 13.1 Å². The number of nitrogens with zero attached hydrogens (tertiary/aromatic N) is 4. The van der Waals surface area contributed by atoms with Crippen molar-refractivity contribution in [3.8, 4) is 0 Å². The Bertz CT molecular complexity index is 1280. The highest BCUT2D eigenvalue weighted by Gasteiger charge is 2.26. The van der Waals surface area contributed by atoms with E-state index in [-0.39, 0.29) is 29.6 Å². The quantitative estimate of drug-likeness (QED) is 0.630. The normalized spacial score (nSPS) is 16.8. The van der Waals surface area contributed by atoms with Crippen LogP contribution in [0.3, 0.4) is 0 Å². The van der Waals surface area contributed by atoms with E-state index in [1.165, 1.54) is 0 Å². The molecular formula is C26H31N5O3. The molecule has 0 spiro atoms. The van der Waals surface area contributed by atoms with Gasteiger partial charge in [-0.3, -0.25) is 14.4 Å². The number of aryl methyl sites for hydroxylation is 1. The van der Waals surface area contributed by atoms with Gasteiger partial charge in [-0.15, -0.1) is 0 Å². The molecule has 1 aliphatic heterocycles. The van der Waals surface area contributed by atoms with Crippen molar-refractivity contribution in [2.24, 2.45) is 0 Å². The number of nitrogens with one attached hydrogen (secondary N) is 1. The Hall–Kier alpha value is -3.42. The number of carbonyl (C=O) groups is 2. The first kappa shape index (κ1) is 22.4. The van der Waals surface area contributed by atoms with Crippen LogP contribution in [0.2, 0.25) is 0 Å². The van der Waals surface area contributed by atoms with Crippen molar-refractivity contribution in [2.45, 2.75) is 64.5 Å². The summed E-state index contributed by atoms with van der Waals surface area (Å²) in [7, 11) is 0. The fourth-order valence-corrected chi connectivity index (χ4v) is 5.14. The summed E-state index contributed by atoms with van der Waals surface area (Å²) in [4.78, 5) is 46.0. The number of rotatable bonds is 5. The summed E-state index contributed by atoms with van der Waals surface area (Å²) in [6.45, 7) is 3.51. The molecule has 4 heterocycles. The molecule has 34 heavy (non-hydrogen) atoms. The van der Waals surface area contributed by atoms with Crippen LogP contribution in [0.15, 0.2) is 41.6 Å². The Balaban J connectivity index is 1.43. The van der Waals surface area contributed by atoms with Crippen LogP contribution in [0.25, 0.3) is 5.65 Å². The second-order valence-electron chi connectivity index (χ2n) is 9.46. The molecule has 0 unspecified atom stereocenters. The average Bonchev–Trinajstić information content (AvgIpc) is 3.54. The van der Waals surface area contributed by atoms with Crippen LogP contribution in [0.1, 0.15) is 83.1 Å². The SMILES string of the molecule is Cc1cccc2nc(CNC(=O)c3cn(C4CCCC4)cc(C(=O)N4CCCCC4)c3=O)cn12. The molecule has 2 fully saturated rings. The molecule has 0 radical (unpaired) electrons. The second-order valence-corrected chi connectivity index (χ2v) is 9.46. The van der Waals surface area contributed by atoms with Gasteiger partial charge in [-0.25, -0.2) is 4.98 Å². The molecule has 178 valence electrons. The lowest BCUT2D eigenvalue weighted by molar-refractivity contribution is 0.0722. The van der Waals surface area contributed by atoms with E-state index in [2.05, 4.69) is 10.3 Å². The molecule has 0 aromatic carbocycles. The summed E-state index contributed by atoms with van der Waals surface area (Å²) in [6.07, 6.45) is 12.4. The van der Waals surface area contributed by atoms with Crippen molar-refractivity contribution in [3.63, 3.8) is 0 Å². The highest BCUT2D eigenvalue weighted by atomic mass is 16.2. The van der Waals surface area contributed by atoms with Gasteiger partial charge in [0.1, 0.15) is 16.8 Å². The van der Waals surface area contributed by atoms with E-state index in [4.69, 9.17) is 0 Å². The highest BCUT2D eigenvalue weighted by molar-refractivity contribution is 5.99. The van der Waals surface area contributed by atoms with Crippen molar-refractivity contribution < 1.29 is 9.59 Å². The number of likely N-dealkylation sites (tertiary alicyclic amines) is 1. The number of fused-ring (bicyclic) bond motifs is 1. The number of piperidine rings is 1. The fourth-order valence-electron chi connectivity index (χ4n) is 5.14. The van der Waals surface area contributed by atoms with Crippen LogP contribution in [-0.4, -0.2) is 43.8 Å². The lowest BCUT2D eigenvalue weighted by atomic mass is 10.1. The van der Waals surface area contributed by atoms with Gasteiger partial charge in [-0.05, 0) is 51.2 Å². The third-order valence-corrected chi connectivity index (χ3v) is 7.09. The molecule has 8 heteroatoms. The van der Waals surface area contributed by atoms with Crippen LogP contribution in [-0.2, 0) is 6.54 Å². The predicted molar refractivity (Wildman–Crippen MR) is 129 cm³/mol. The molecule has 2 aliphatic rings. The molecule has 0 bridgehead atoms. The van der Waals surface area contributed by atoms with Crippen LogP contribution >= 0.6 is 0 Å². The van der Waals surface area contributed by atoms with Crippen molar-refractivity contribution >= 4 is 17.5 Å². The van der Waals surface area contributed by atoms with E-state index in [1.807, 2.05) is 40.3 Å². The van der Waals surface area contributed by atoms with Gasteiger partial charge in [0, 0.05) is 43.4 Å². The summed E-state index contributed by atoms with van der Waals surface area (Å²) in [5.41, 5.74) is 2.19.